The van der Waals surface area contributed by atoms with Gasteiger partial charge < -0.3 is 10.2 Å². The highest BCUT2D eigenvalue weighted by Gasteiger charge is 2.49. The average Bonchev–Trinajstić information content (AvgIpc) is 2.44. The molecule has 2 aliphatic heterocycles. The molecule has 3 rings (SSSR count). The summed E-state index contributed by atoms with van der Waals surface area (Å²) in [5, 5.41) is 3.30. The lowest BCUT2D eigenvalue weighted by atomic mass is 9.84. The first kappa shape index (κ1) is 12.8. The summed E-state index contributed by atoms with van der Waals surface area (Å²) in [6, 6.07) is 0. The first-order valence-electron chi connectivity index (χ1n) is 6.32. The molecule has 4 nitrogen and oxygen atoms in total. The van der Waals surface area contributed by atoms with Crippen molar-refractivity contribution in [1.29, 1.82) is 0 Å². The number of hydrogen-bond acceptors (Lipinski definition) is 3. The first-order valence-corrected chi connectivity index (χ1v) is 6.32. The summed E-state index contributed by atoms with van der Waals surface area (Å²) in [6.07, 6.45) is 5.45. The summed E-state index contributed by atoms with van der Waals surface area (Å²) in [5.74, 6) is 1.86. The van der Waals surface area contributed by atoms with Crippen LogP contribution in [-0.2, 0) is 4.79 Å². The minimum Gasteiger partial charge on any atom is -0.317 e. The zero-order valence-corrected chi connectivity index (χ0v) is 11.1. The largest absolute Gasteiger partial charge is 0.317 e. The third-order valence-corrected chi connectivity index (χ3v) is 4.28. The maximum Gasteiger partial charge on any atom is 0.255 e. The van der Waals surface area contributed by atoms with E-state index in [1.165, 1.54) is 19.3 Å². The summed E-state index contributed by atoms with van der Waals surface area (Å²) in [7, 11) is 1.90. The number of aliphatic imine (C=N–C) groups is 1. The van der Waals surface area contributed by atoms with E-state index in [0.29, 0.717) is 5.92 Å². The number of amides is 1. The van der Waals surface area contributed by atoms with Crippen molar-refractivity contribution in [2.45, 2.75) is 37.6 Å². The van der Waals surface area contributed by atoms with Gasteiger partial charge in [-0.3, -0.25) is 9.79 Å². The van der Waals surface area contributed by atoms with E-state index in [-0.39, 0.29) is 18.3 Å². The van der Waals surface area contributed by atoms with E-state index in [2.05, 4.69) is 5.32 Å². The second-order valence-electron chi connectivity index (χ2n) is 5.24. The van der Waals surface area contributed by atoms with Crippen molar-refractivity contribution in [2.24, 2.45) is 10.9 Å². The van der Waals surface area contributed by atoms with E-state index >= 15 is 0 Å². The highest BCUT2D eigenvalue weighted by molar-refractivity contribution is 6.09. The van der Waals surface area contributed by atoms with Crippen molar-refractivity contribution >= 4 is 24.1 Å². The Hall–Kier alpha value is -0.610. The van der Waals surface area contributed by atoms with Gasteiger partial charge in [-0.25, -0.2) is 0 Å². The molecule has 2 heterocycles. The van der Waals surface area contributed by atoms with Crippen LogP contribution in [0.3, 0.4) is 0 Å². The van der Waals surface area contributed by atoms with E-state index < -0.39 is 5.54 Å². The molecule has 96 valence electrons. The first-order chi connectivity index (χ1) is 7.73. The standard InChI is InChI=1S/C12H19N3O.ClH/c1-15-10(9-3-2-4-9)14-12(11(15)16)5-7-13-8-6-12;/h9,13H,2-8H2,1H3;1H. The Balaban J connectivity index is 0.00000108. The molecule has 1 aliphatic carbocycles. The Morgan fingerprint density at radius 2 is 2.00 bits per heavy atom. The minimum absolute atomic E-state index is 0. The molecule has 1 spiro atoms. The van der Waals surface area contributed by atoms with E-state index in [9.17, 15) is 4.79 Å². The Morgan fingerprint density at radius 3 is 2.53 bits per heavy atom. The van der Waals surface area contributed by atoms with Gasteiger partial charge in [0.15, 0.2) is 0 Å². The fraction of sp³-hybridized carbons (Fsp3) is 0.833. The molecule has 0 bridgehead atoms. The molecule has 3 aliphatic rings. The molecule has 17 heavy (non-hydrogen) atoms. The Kier molecular flexibility index (Phi) is 3.46. The second kappa shape index (κ2) is 4.58. The van der Waals surface area contributed by atoms with Crippen LogP contribution in [-0.4, -0.2) is 42.3 Å². The molecule has 1 saturated heterocycles. The summed E-state index contributed by atoms with van der Waals surface area (Å²) < 4.78 is 0. The molecular formula is C12H20ClN3O. The second-order valence-corrected chi connectivity index (χ2v) is 5.24. The molecule has 0 radical (unpaired) electrons. The molecular weight excluding hydrogens is 238 g/mol. The van der Waals surface area contributed by atoms with Gasteiger partial charge in [-0.05, 0) is 38.8 Å². The molecule has 1 amide bonds. The number of carbonyl (C=O) groups is 1. The van der Waals surface area contributed by atoms with Crippen LogP contribution in [0, 0.1) is 5.92 Å². The number of carbonyl (C=O) groups excluding carboxylic acids is 1. The molecule has 0 atom stereocenters. The number of nitrogens with one attached hydrogen (secondary N) is 1. The molecule has 0 aromatic rings. The van der Waals surface area contributed by atoms with Crippen molar-refractivity contribution in [3.8, 4) is 0 Å². The van der Waals surface area contributed by atoms with E-state index in [1.54, 1.807) is 0 Å². The highest BCUT2D eigenvalue weighted by atomic mass is 35.5. The Labute approximate surface area is 108 Å². The predicted octanol–water partition coefficient (Wildman–Crippen LogP) is 1.20. The van der Waals surface area contributed by atoms with Crippen LogP contribution < -0.4 is 5.32 Å². The molecule has 2 fully saturated rings. The van der Waals surface area contributed by atoms with Gasteiger partial charge in [0.05, 0.1) is 0 Å². The number of amidine groups is 1. The lowest BCUT2D eigenvalue weighted by Crippen LogP contribution is -2.48. The van der Waals surface area contributed by atoms with E-state index in [4.69, 9.17) is 4.99 Å². The van der Waals surface area contributed by atoms with Gasteiger partial charge in [0.2, 0.25) is 0 Å². The van der Waals surface area contributed by atoms with Crippen LogP contribution in [0.4, 0.5) is 0 Å². The van der Waals surface area contributed by atoms with E-state index in [1.807, 2.05) is 11.9 Å². The smallest absolute Gasteiger partial charge is 0.255 e. The van der Waals surface area contributed by atoms with Gasteiger partial charge in [-0.1, -0.05) is 6.42 Å². The van der Waals surface area contributed by atoms with Crippen molar-refractivity contribution in [3.05, 3.63) is 0 Å². The van der Waals surface area contributed by atoms with Gasteiger partial charge in [0.25, 0.3) is 5.91 Å². The monoisotopic (exact) mass is 257 g/mol. The molecule has 1 saturated carbocycles. The molecule has 0 unspecified atom stereocenters. The van der Waals surface area contributed by atoms with Gasteiger partial charge in [-0.2, -0.15) is 0 Å². The highest BCUT2D eigenvalue weighted by Crippen LogP contribution is 2.37. The van der Waals surface area contributed by atoms with Crippen LogP contribution in [0.5, 0.6) is 0 Å². The topological polar surface area (TPSA) is 44.7 Å². The van der Waals surface area contributed by atoms with Gasteiger partial charge in [0.1, 0.15) is 11.4 Å². The normalized spacial score (nSPS) is 27.7. The van der Waals surface area contributed by atoms with Crippen LogP contribution in [0.25, 0.3) is 0 Å². The summed E-state index contributed by atoms with van der Waals surface area (Å²) in [4.78, 5) is 19.0. The minimum atomic E-state index is -0.398. The van der Waals surface area contributed by atoms with Crippen molar-refractivity contribution in [2.75, 3.05) is 20.1 Å². The number of rotatable bonds is 1. The molecule has 5 heteroatoms. The number of likely N-dealkylation sites (N-methyl/N-ethyl adjacent to an activating group) is 1. The third-order valence-electron chi connectivity index (χ3n) is 4.28. The fourth-order valence-electron chi connectivity index (χ4n) is 2.96. The quantitative estimate of drug-likeness (QED) is 0.767. The van der Waals surface area contributed by atoms with Crippen LogP contribution >= 0.6 is 12.4 Å². The predicted molar refractivity (Wildman–Crippen MR) is 69.6 cm³/mol. The zero-order chi connectivity index (χ0) is 11.2. The van der Waals surface area contributed by atoms with Crippen molar-refractivity contribution in [1.82, 2.24) is 10.2 Å². The Morgan fingerprint density at radius 1 is 1.35 bits per heavy atom. The zero-order valence-electron chi connectivity index (χ0n) is 10.2. The van der Waals surface area contributed by atoms with Gasteiger partial charge in [-0.15, -0.1) is 12.4 Å². The Bertz CT molecular complexity index is 346. The lowest BCUT2D eigenvalue weighted by Gasteiger charge is -2.29. The van der Waals surface area contributed by atoms with Gasteiger partial charge >= 0.3 is 0 Å². The lowest BCUT2D eigenvalue weighted by molar-refractivity contribution is -0.131. The van der Waals surface area contributed by atoms with Crippen LogP contribution in [0.1, 0.15) is 32.1 Å². The van der Waals surface area contributed by atoms with Crippen LogP contribution in [0.15, 0.2) is 4.99 Å². The maximum absolute atomic E-state index is 12.3. The average molecular weight is 258 g/mol. The number of nitrogens with zero attached hydrogens (tertiary/aromatic N) is 2. The molecule has 0 aromatic carbocycles. The third kappa shape index (κ3) is 1.87. The summed E-state index contributed by atoms with van der Waals surface area (Å²) in [5.41, 5.74) is -0.398. The summed E-state index contributed by atoms with van der Waals surface area (Å²) in [6.45, 7) is 1.84. The molecule has 0 aromatic heterocycles. The number of piperidine rings is 1. The van der Waals surface area contributed by atoms with Crippen molar-refractivity contribution < 1.29 is 4.79 Å². The SMILES string of the molecule is CN1C(=O)C2(CCNCC2)N=C1C1CCC1.Cl. The maximum atomic E-state index is 12.3. The van der Waals surface area contributed by atoms with Crippen molar-refractivity contribution in [3.63, 3.8) is 0 Å². The number of halogens is 1. The molecule has 1 N–H and O–H groups in total. The van der Waals surface area contributed by atoms with Crippen LogP contribution in [0.2, 0.25) is 0 Å². The van der Waals surface area contributed by atoms with Gasteiger partial charge in [0, 0.05) is 13.0 Å². The van der Waals surface area contributed by atoms with E-state index in [0.717, 1.165) is 31.8 Å². The number of hydrogen-bond donors (Lipinski definition) is 1. The fourth-order valence-corrected chi connectivity index (χ4v) is 2.96. The summed E-state index contributed by atoms with van der Waals surface area (Å²) >= 11 is 0.